The van der Waals surface area contributed by atoms with Crippen molar-refractivity contribution in [1.29, 1.82) is 0 Å². The van der Waals surface area contributed by atoms with Crippen molar-refractivity contribution in [3.8, 4) is 5.75 Å². The van der Waals surface area contributed by atoms with Crippen molar-refractivity contribution in [3.63, 3.8) is 0 Å². The number of carbonyl (C=O) groups excluding carboxylic acids is 2. The SMILES string of the molecule is CCc1ccc(CCOc2ccc(C[C@H]3SC(=O)N([C@@H]4O[C@H](C(=O)O)[C@@H](O)[C@H](O)[C@H]4O)C3=O)cc2)nc1. The number of amides is 2. The highest BCUT2D eigenvalue weighted by Gasteiger charge is 2.54. The summed E-state index contributed by atoms with van der Waals surface area (Å²) >= 11 is 0.719. The molecule has 0 unspecified atom stereocenters. The van der Waals surface area contributed by atoms with Gasteiger partial charge < -0.3 is 29.9 Å². The molecule has 2 aliphatic heterocycles. The van der Waals surface area contributed by atoms with Crippen LogP contribution in [0.5, 0.6) is 5.75 Å². The minimum absolute atomic E-state index is 0.191. The van der Waals surface area contributed by atoms with Crippen molar-refractivity contribution in [2.24, 2.45) is 0 Å². The quantitative estimate of drug-likeness (QED) is 0.360. The molecular weight excluding hydrogens is 504 g/mol. The number of hydrogen-bond acceptors (Lipinski definition) is 10. The van der Waals surface area contributed by atoms with Gasteiger partial charge in [0.1, 0.15) is 24.1 Å². The number of aliphatic hydroxyl groups is 3. The van der Waals surface area contributed by atoms with Gasteiger partial charge in [-0.2, -0.15) is 0 Å². The third-order valence-electron chi connectivity index (χ3n) is 6.30. The summed E-state index contributed by atoms with van der Waals surface area (Å²) in [6.45, 7) is 2.52. The van der Waals surface area contributed by atoms with Gasteiger partial charge >= 0.3 is 5.97 Å². The van der Waals surface area contributed by atoms with E-state index in [9.17, 15) is 34.8 Å². The van der Waals surface area contributed by atoms with Gasteiger partial charge in [-0.05, 0) is 42.2 Å². The number of benzene rings is 1. The van der Waals surface area contributed by atoms with Crippen molar-refractivity contribution < 1.29 is 44.3 Å². The molecule has 0 saturated carbocycles. The van der Waals surface area contributed by atoms with E-state index in [2.05, 4.69) is 11.9 Å². The lowest BCUT2D eigenvalue weighted by molar-refractivity contribution is -0.249. The van der Waals surface area contributed by atoms with E-state index in [1.54, 1.807) is 24.3 Å². The lowest BCUT2D eigenvalue weighted by Crippen LogP contribution is -2.65. The fourth-order valence-electron chi connectivity index (χ4n) is 4.13. The van der Waals surface area contributed by atoms with Crippen LogP contribution in [0.15, 0.2) is 42.6 Å². The van der Waals surface area contributed by atoms with Crippen LogP contribution in [-0.4, -0.2) is 89.9 Å². The second kappa shape index (κ2) is 11.6. The van der Waals surface area contributed by atoms with Gasteiger partial charge in [0.25, 0.3) is 5.24 Å². The van der Waals surface area contributed by atoms with E-state index in [0.717, 1.165) is 29.4 Å². The Hall–Kier alpha value is -3.03. The Morgan fingerprint density at radius 3 is 2.38 bits per heavy atom. The van der Waals surface area contributed by atoms with E-state index in [4.69, 9.17) is 9.47 Å². The minimum atomic E-state index is -1.92. The van der Waals surface area contributed by atoms with Gasteiger partial charge in [-0.25, -0.2) is 9.69 Å². The molecule has 2 saturated heterocycles. The number of pyridine rings is 1. The van der Waals surface area contributed by atoms with Gasteiger partial charge in [0.2, 0.25) is 5.91 Å². The van der Waals surface area contributed by atoms with E-state index < -0.39 is 53.0 Å². The molecule has 4 N–H and O–H groups in total. The second-order valence-corrected chi connectivity index (χ2v) is 9.95. The lowest BCUT2D eigenvalue weighted by Gasteiger charge is -2.41. The number of aryl methyl sites for hydroxylation is 1. The van der Waals surface area contributed by atoms with Crippen LogP contribution in [0.3, 0.4) is 0 Å². The number of imide groups is 1. The predicted octanol–water partition coefficient (Wildman–Crippen LogP) is 0.764. The first-order valence-corrected chi connectivity index (χ1v) is 12.7. The van der Waals surface area contributed by atoms with Crippen LogP contribution in [0.2, 0.25) is 0 Å². The molecule has 37 heavy (non-hydrogen) atoms. The molecule has 198 valence electrons. The maximum atomic E-state index is 13.0. The highest BCUT2D eigenvalue weighted by atomic mass is 32.2. The standard InChI is InChI=1S/C25H28N2O9S/c1-2-13-3-6-15(26-12-13)9-10-35-16-7-4-14(5-8-16)11-17-22(31)27(25(34)37-17)23-20(30)18(28)19(29)21(36-23)24(32)33/h3-8,12,17-21,23,28-30H,2,9-11H2,1H3,(H,32,33)/t17-,18+,19+,20-,21+,23-/m1/s1. The van der Waals surface area contributed by atoms with Crippen molar-refractivity contribution in [2.45, 2.75) is 62.1 Å². The molecule has 2 aliphatic rings. The first kappa shape index (κ1) is 27.0. The molecule has 4 rings (SSSR count). The van der Waals surface area contributed by atoms with E-state index in [1.165, 1.54) is 5.56 Å². The summed E-state index contributed by atoms with van der Waals surface area (Å²) in [5.41, 5.74) is 2.87. The Balaban J connectivity index is 1.33. The molecule has 1 aromatic heterocycles. The van der Waals surface area contributed by atoms with Gasteiger partial charge in [-0.3, -0.25) is 14.6 Å². The van der Waals surface area contributed by atoms with Crippen molar-refractivity contribution in [2.75, 3.05) is 6.61 Å². The Labute approximate surface area is 217 Å². The number of aromatic nitrogens is 1. The summed E-state index contributed by atoms with van der Waals surface area (Å²) in [5, 5.41) is 37.8. The lowest BCUT2D eigenvalue weighted by atomic mass is 9.97. The number of hydrogen-bond donors (Lipinski definition) is 4. The molecular formula is C25H28N2O9S. The number of thioether (sulfide) groups is 1. The number of aliphatic carboxylic acids is 1. The minimum Gasteiger partial charge on any atom is -0.493 e. The Kier molecular flexibility index (Phi) is 8.45. The summed E-state index contributed by atoms with van der Waals surface area (Å²) < 4.78 is 10.9. The number of carboxylic acids is 1. The van der Waals surface area contributed by atoms with Gasteiger partial charge in [0.05, 0.1) is 11.9 Å². The smallest absolute Gasteiger partial charge is 0.335 e. The van der Waals surface area contributed by atoms with Gasteiger partial charge in [-0.1, -0.05) is 36.9 Å². The van der Waals surface area contributed by atoms with Gasteiger partial charge in [0, 0.05) is 18.3 Å². The second-order valence-electron chi connectivity index (χ2n) is 8.80. The molecule has 12 heteroatoms. The Morgan fingerprint density at radius 2 is 1.76 bits per heavy atom. The largest absolute Gasteiger partial charge is 0.493 e. The number of carboxylic acid groups (broad SMARTS) is 1. The van der Waals surface area contributed by atoms with Gasteiger partial charge in [-0.15, -0.1) is 0 Å². The summed E-state index contributed by atoms with van der Waals surface area (Å²) in [4.78, 5) is 41.9. The molecule has 2 amide bonds. The average Bonchev–Trinajstić information content (AvgIpc) is 3.16. The third kappa shape index (κ3) is 5.94. The zero-order chi connectivity index (χ0) is 26.7. The number of rotatable bonds is 9. The van der Waals surface area contributed by atoms with Crippen molar-refractivity contribution >= 4 is 28.9 Å². The fraction of sp³-hybridized carbons (Fsp3) is 0.440. The first-order chi connectivity index (χ1) is 17.7. The van der Waals surface area contributed by atoms with Gasteiger partial charge in [0.15, 0.2) is 12.3 Å². The molecule has 0 spiro atoms. The number of aliphatic hydroxyl groups excluding tert-OH is 3. The topological polar surface area (TPSA) is 167 Å². The maximum absolute atomic E-state index is 13.0. The molecule has 6 atom stereocenters. The van der Waals surface area contributed by atoms with Crippen LogP contribution in [0.1, 0.15) is 23.7 Å². The maximum Gasteiger partial charge on any atom is 0.335 e. The molecule has 2 aromatic rings. The predicted molar refractivity (Wildman–Crippen MR) is 131 cm³/mol. The van der Waals surface area contributed by atoms with Crippen LogP contribution in [-0.2, 0) is 33.6 Å². The van der Waals surface area contributed by atoms with E-state index >= 15 is 0 Å². The van der Waals surface area contributed by atoms with Crippen LogP contribution in [0.25, 0.3) is 0 Å². The van der Waals surface area contributed by atoms with Crippen LogP contribution < -0.4 is 4.74 Å². The Bertz CT molecular complexity index is 1130. The zero-order valence-corrected chi connectivity index (χ0v) is 20.8. The fourth-order valence-corrected chi connectivity index (χ4v) is 5.17. The zero-order valence-electron chi connectivity index (χ0n) is 20.0. The summed E-state index contributed by atoms with van der Waals surface area (Å²) in [6.07, 6.45) is -5.71. The number of nitrogens with zero attached hydrogens (tertiary/aromatic N) is 2. The van der Waals surface area contributed by atoms with Crippen LogP contribution in [0.4, 0.5) is 4.79 Å². The average molecular weight is 533 g/mol. The van der Waals surface area contributed by atoms with E-state index in [1.807, 2.05) is 18.3 Å². The molecule has 0 radical (unpaired) electrons. The van der Waals surface area contributed by atoms with E-state index in [0.29, 0.717) is 23.7 Å². The monoisotopic (exact) mass is 532 g/mol. The Morgan fingerprint density at radius 1 is 1.05 bits per heavy atom. The number of carbonyl (C=O) groups is 3. The highest BCUT2D eigenvalue weighted by molar-refractivity contribution is 8.15. The number of ether oxygens (including phenoxy) is 2. The normalized spacial score (nSPS) is 27.9. The molecule has 1 aromatic carbocycles. The molecule has 0 aliphatic carbocycles. The molecule has 11 nitrogen and oxygen atoms in total. The van der Waals surface area contributed by atoms with Crippen molar-refractivity contribution in [1.82, 2.24) is 9.88 Å². The van der Waals surface area contributed by atoms with Crippen molar-refractivity contribution in [3.05, 3.63) is 59.4 Å². The first-order valence-electron chi connectivity index (χ1n) is 11.8. The molecule has 3 heterocycles. The van der Waals surface area contributed by atoms with E-state index in [-0.39, 0.29) is 6.42 Å². The summed E-state index contributed by atoms with van der Waals surface area (Å²) in [6, 6.07) is 11.1. The third-order valence-corrected chi connectivity index (χ3v) is 7.36. The molecule has 2 fully saturated rings. The highest BCUT2D eigenvalue weighted by Crippen LogP contribution is 2.35. The van der Waals surface area contributed by atoms with Crippen LogP contribution >= 0.6 is 11.8 Å². The molecule has 0 bridgehead atoms. The summed E-state index contributed by atoms with van der Waals surface area (Å²) in [5.74, 6) is -1.64. The summed E-state index contributed by atoms with van der Waals surface area (Å²) in [7, 11) is 0. The van der Waals surface area contributed by atoms with Crippen LogP contribution in [0, 0.1) is 0 Å².